The molecule has 2 N–H and O–H groups in total. The second kappa shape index (κ2) is 7.42. The number of hydrogen-bond donors (Lipinski definition) is 2. The van der Waals surface area contributed by atoms with Gasteiger partial charge in [-0.15, -0.1) is 22.7 Å². The maximum absolute atomic E-state index is 12.5. The van der Waals surface area contributed by atoms with Crippen molar-refractivity contribution >= 4 is 44.6 Å². The molecule has 10 heteroatoms. The molecule has 2 aromatic rings. The predicted octanol–water partition coefficient (Wildman–Crippen LogP) is 3.85. The molecule has 0 aromatic carbocycles. The molecule has 0 atom stereocenters. The molecule has 0 aliphatic carbocycles. The van der Waals surface area contributed by atoms with Gasteiger partial charge in [-0.3, -0.25) is 4.99 Å². The highest BCUT2D eigenvalue weighted by Gasteiger charge is 2.33. The van der Waals surface area contributed by atoms with Crippen LogP contribution < -0.4 is 10.6 Å². The summed E-state index contributed by atoms with van der Waals surface area (Å²) in [5.41, 5.74) is -0.860. The minimum atomic E-state index is -4.40. The van der Waals surface area contributed by atoms with Crippen LogP contribution >= 0.6 is 38.6 Å². The fourth-order valence-electron chi connectivity index (χ4n) is 1.52. The van der Waals surface area contributed by atoms with E-state index < -0.39 is 11.9 Å². The Bertz CT molecular complexity index is 651. The molecular weight excluding hydrogens is 401 g/mol. The SMILES string of the molecule is CN=C(NCc1cc(Br)cs1)NCc1nc(C(F)(F)F)cs1. The number of rotatable bonds is 4. The lowest BCUT2D eigenvalue weighted by Crippen LogP contribution is -2.36. The first-order valence-corrected chi connectivity index (χ1v) is 8.62. The Hall–Kier alpha value is -1.13. The number of guanidine groups is 1. The summed E-state index contributed by atoms with van der Waals surface area (Å²) in [4.78, 5) is 8.69. The van der Waals surface area contributed by atoms with Crippen LogP contribution in [0.4, 0.5) is 13.2 Å². The Morgan fingerprint density at radius 3 is 2.55 bits per heavy atom. The first kappa shape index (κ1) is 17.2. The second-order valence-corrected chi connectivity index (χ2v) is 6.99. The first-order chi connectivity index (χ1) is 10.4. The Balaban J connectivity index is 1.85. The van der Waals surface area contributed by atoms with Gasteiger partial charge in [0.25, 0.3) is 0 Å². The molecule has 0 amide bonds. The summed E-state index contributed by atoms with van der Waals surface area (Å²) in [5.74, 6) is 0.508. The Kier molecular flexibility index (Phi) is 5.81. The van der Waals surface area contributed by atoms with E-state index in [4.69, 9.17) is 0 Å². The third-order valence-corrected chi connectivity index (χ3v) is 5.07. The van der Waals surface area contributed by atoms with Crippen LogP contribution in [0.3, 0.4) is 0 Å². The van der Waals surface area contributed by atoms with Gasteiger partial charge in [0.1, 0.15) is 5.01 Å². The van der Waals surface area contributed by atoms with Gasteiger partial charge in [0.2, 0.25) is 0 Å². The van der Waals surface area contributed by atoms with Crippen LogP contribution in [0.1, 0.15) is 15.6 Å². The van der Waals surface area contributed by atoms with Gasteiger partial charge in [-0.1, -0.05) is 0 Å². The van der Waals surface area contributed by atoms with Crippen molar-refractivity contribution in [3.63, 3.8) is 0 Å². The fraction of sp³-hybridized carbons (Fsp3) is 0.333. The molecule has 0 aliphatic rings. The minimum absolute atomic E-state index is 0.189. The molecule has 120 valence electrons. The lowest BCUT2D eigenvalue weighted by Gasteiger charge is -2.09. The number of nitrogens with zero attached hydrogens (tertiary/aromatic N) is 2. The number of aliphatic imine (C=N–C) groups is 1. The third kappa shape index (κ3) is 4.96. The smallest absolute Gasteiger partial charge is 0.352 e. The van der Waals surface area contributed by atoms with E-state index in [1.54, 1.807) is 18.4 Å². The van der Waals surface area contributed by atoms with Crippen LogP contribution in [0.25, 0.3) is 0 Å². The summed E-state index contributed by atoms with van der Waals surface area (Å²) in [7, 11) is 1.60. The number of aromatic nitrogens is 1. The van der Waals surface area contributed by atoms with Crippen LogP contribution in [0.5, 0.6) is 0 Å². The Morgan fingerprint density at radius 1 is 1.27 bits per heavy atom. The lowest BCUT2D eigenvalue weighted by atomic mass is 10.4. The van der Waals surface area contributed by atoms with Gasteiger partial charge in [-0.2, -0.15) is 13.2 Å². The van der Waals surface area contributed by atoms with Crippen molar-refractivity contribution in [1.82, 2.24) is 15.6 Å². The summed E-state index contributed by atoms with van der Waals surface area (Å²) >= 11 is 5.94. The van der Waals surface area contributed by atoms with Gasteiger partial charge in [-0.25, -0.2) is 4.98 Å². The largest absolute Gasteiger partial charge is 0.434 e. The molecule has 2 heterocycles. The maximum atomic E-state index is 12.5. The van der Waals surface area contributed by atoms with Crippen molar-refractivity contribution in [2.75, 3.05) is 7.05 Å². The molecule has 0 saturated heterocycles. The normalized spacial score (nSPS) is 12.5. The fourth-order valence-corrected chi connectivity index (χ4v) is 3.65. The molecule has 4 nitrogen and oxygen atoms in total. The molecule has 2 aromatic heterocycles. The summed E-state index contributed by atoms with van der Waals surface area (Å²) in [5, 5.41) is 9.37. The van der Waals surface area contributed by atoms with Crippen LogP contribution in [-0.4, -0.2) is 18.0 Å². The standard InChI is InChI=1S/C12H12BrF3N4S2/c1-17-11(18-3-8-2-7(13)5-21-8)19-4-10-20-9(6-22-10)12(14,15)16/h2,5-6H,3-4H2,1H3,(H2,17,18,19). The number of thiazole rings is 1. The summed E-state index contributed by atoms with van der Waals surface area (Å²) in [6, 6.07) is 1.99. The molecule has 22 heavy (non-hydrogen) atoms. The van der Waals surface area contributed by atoms with E-state index in [9.17, 15) is 13.2 Å². The van der Waals surface area contributed by atoms with Crippen molar-refractivity contribution in [2.45, 2.75) is 19.3 Å². The number of alkyl halides is 3. The van der Waals surface area contributed by atoms with Crippen molar-refractivity contribution < 1.29 is 13.2 Å². The number of halogens is 4. The zero-order chi connectivity index (χ0) is 16.2. The first-order valence-electron chi connectivity index (χ1n) is 6.07. The van der Waals surface area contributed by atoms with E-state index in [-0.39, 0.29) is 6.54 Å². The molecule has 0 radical (unpaired) electrons. The van der Waals surface area contributed by atoms with Gasteiger partial charge in [0.15, 0.2) is 11.7 Å². The minimum Gasteiger partial charge on any atom is -0.352 e. The van der Waals surface area contributed by atoms with Crippen LogP contribution in [0.2, 0.25) is 0 Å². The van der Waals surface area contributed by atoms with Gasteiger partial charge in [0, 0.05) is 27.2 Å². The molecule has 0 bridgehead atoms. The van der Waals surface area contributed by atoms with E-state index in [0.29, 0.717) is 17.5 Å². The molecule has 0 aliphatic heterocycles. The average molecular weight is 413 g/mol. The lowest BCUT2D eigenvalue weighted by molar-refractivity contribution is -0.140. The molecular formula is C12H12BrF3N4S2. The van der Waals surface area contributed by atoms with E-state index in [1.165, 1.54) is 0 Å². The molecule has 0 unspecified atom stereocenters. The van der Waals surface area contributed by atoms with Crippen molar-refractivity contribution in [1.29, 1.82) is 0 Å². The summed E-state index contributed by atoms with van der Waals surface area (Å²) in [6.45, 7) is 0.774. The van der Waals surface area contributed by atoms with Crippen LogP contribution in [0.15, 0.2) is 26.3 Å². The van der Waals surface area contributed by atoms with Crippen molar-refractivity contribution in [3.05, 3.63) is 36.9 Å². The topological polar surface area (TPSA) is 49.3 Å². The van der Waals surface area contributed by atoms with E-state index in [0.717, 1.165) is 26.1 Å². The highest BCUT2D eigenvalue weighted by Crippen LogP contribution is 2.29. The Labute approximate surface area is 141 Å². The number of hydrogen-bond acceptors (Lipinski definition) is 4. The van der Waals surface area contributed by atoms with Crippen molar-refractivity contribution in [3.8, 4) is 0 Å². The summed E-state index contributed by atoms with van der Waals surface area (Å²) in [6.07, 6.45) is -4.40. The zero-order valence-electron chi connectivity index (χ0n) is 11.4. The van der Waals surface area contributed by atoms with Gasteiger partial charge in [0.05, 0.1) is 13.1 Å². The predicted molar refractivity (Wildman–Crippen MR) is 86.2 cm³/mol. The van der Waals surface area contributed by atoms with Crippen LogP contribution in [-0.2, 0) is 19.3 Å². The van der Waals surface area contributed by atoms with E-state index >= 15 is 0 Å². The van der Waals surface area contributed by atoms with Gasteiger partial charge >= 0.3 is 6.18 Å². The quantitative estimate of drug-likeness (QED) is 0.592. The molecule has 2 rings (SSSR count). The average Bonchev–Trinajstić information content (AvgIpc) is 3.07. The van der Waals surface area contributed by atoms with Gasteiger partial charge < -0.3 is 10.6 Å². The number of thiophene rings is 1. The Morgan fingerprint density at radius 2 is 2.00 bits per heavy atom. The van der Waals surface area contributed by atoms with Crippen molar-refractivity contribution in [2.24, 2.45) is 4.99 Å². The molecule has 0 fully saturated rings. The highest BCUT2D eigenvalue weighted by atomic mass is 79.9. The monoisotopic (exact) mass is 412 g/mol. The maximum Gasteiger partial charge on any atom is 0.434 e. The second-order valence-electron chi connectivity index (χ2n) is 4.13. The third-order valence-electron chi connectivity index (χ3n) is 2.52. The van der Waals surface area contributed by atoms with Crippen LogP contribution in [0, 0.1) is 0 Å². The molecule has 0 spiro atoms. The summed E-state index contributed by atoms with van der Waals surface area (Å²) < 4.78 is 38.4. The highest BCUT2D eigenvalue weighted by molar-refractivity contribution is 9.10. The van der Waals surface area contributed by atoms with Gasteiger partial charge in [-0.05, 0) is 22.0 Å². The number of nitrogens with one attached hydrogen (secondary N) is 2. The molecule has 0 saturated carbocycles. The zero-order valence-corrected chi connectivity index (χ0v) is 14.6. The van der Waals surface area contributed by atoms with E-state index in [2.05, 4.69) is 36.5 Å². The van der Waals surface area contributed by atoms with E-state index in [1.807, 2.05) is 11.4 Å².